The Balaban J connectivity index is 1.66. The van der Waals surface area contributed by atoms with Crippen LogP contribution in [-0.4, -0.2) is 47.1 Å². The molecule has 2 heterocycles. The maximum absolute atomic E-state index is 10.1. The first-order chi connectivity index (χ1) is 9.24. The van der Waals surface area contributed by atoms with Crippen molar-refractivity contribution in [2.24, 2.45) is 0 Å². The maximum atomic E-state index is 10.1. The number of para-hydroxylation sites is 1. The predicted octanol–water partition coefficient (Wildman–Crippen LogP) is 2.82. The van der Waals surface area contributed by atoms with Gasteiger partial charge in [0.2, 0.25) is 0 Å². The van der Waals surface area contributed by atoms with Gasteiger partial charge in [-0.1, -0.05) is 18.6 Å². The van der Waals surface area contributed by atoms with Gasteiger partial charge in [-0.3, -0.25) is 9.80 Å². The van der Waals surface area contributed by atoms with Crippen molar-refractivity contribution in [1.29, 1.82) is 0 Å². The Morgan fingerprint density at radius 2 is 2.11 bits per heavy atom. The molecular formula is C15H21BrN2O. The third-order valence-corrected chi connectivity index (χ3v) is 5.03. The quantitative estimate of drug-likeness (QED) is 0.906. The van der Waals surface area contributed by atoms with Crippen molar-refractivity contribution >= 4 is 15.9 Å². The number of rotatable bonds is 2. The van der Waals surface area contributed by atoms with Gasteiger partial charge < -0.3 is 5.11 Å². The van der Waals surface area contributed by atoms with Crippen molar-refractivity contribution in [3.63, 3.8) is 0 Å². The van der Waals surface area contributed by atoms with E-state index in [-0.39, 0.29) is 0 Å². The molecule has 2 aliphatic heterocycles. The molecule has 104 valence electrons. The summed E-state index contributed by atoms with van der Waals surface area (Å²) in [4.78, 5) is 5.12. The van der Waals surface area contributed by atoms with Crippen molar-refractivity contribution in [3.05, 3.63) is 28.2 Å². The van der Waals surface area contributed by atoms with Crippen LogP contribution in [0.15, 0.2) is 22.7 Å². The number of phenolic OH excluding ortho intramolecular Hbond substituents is 1. The Labute approximate surface area is 123 Å². The lowest BCUT2D eigenvalue weighted by Crippen LogP contribution is -2.54. The molecule has 2 saturated heterocycles. The van der Waals surface area contributed by atoms with Gasteiger partial charge in [0, 0.05) is 37.8 Å². The Bertz CT molecular complexity index is 452. The molecule has 2 fully saturated rings. The van der Waals surface area contributed by atoms with Crippen LogP contribution in [0.3, 0.4) is 0 Å². The molecule has 0 aliphatic carbocycles. The molecule has 0 bridgehead atoms. The molecule has 4 heteroatoms. The second-order valence-electron chi connectivity index (χ2n) is 5.67. The highest BCUT2D eigenvalue weighted by atomic mass is 79.9. The average Bonchev–Trinajstić information content (AvgIpc) is 2.44. The first-order valence-corrected chi connectivity index (χ1v) is 7.96. The van der Waals surface area contributed by atoms with E-state index in [2.05, 4.69) is 25.7 Å². The van der Waals surface area contributed by atoms with E-state index in [4.69, 9.17) is 0 Å². The standard InChI is InChI=1S/C15H21BrN2O/c16-14-6-3-4-12(15(14)19)10-17-8-9-18-7-2-1-5-13(18)11-17/h3-4,6,13,19H,1-2,5,7-11H2. The highest BCUT2D eigenvalue weighted by Crippen LogP contribution is 2.29. The molecular weight excluding hydrogens is 304 g/mol. The summed E-state index contributed by atoms with van der Waals surface area (Å²) in [5.41, 5.74) is 1.03. The van der Waals surface area contributed by atoms with Crippen molar-refractivity contribution < 1.29 is 5.11 Å². The summed E-state index contributed by atoms with van der Waals surface area (Å²) in [6, 6.07) is 6.64. The molecule has 0 amide bonds. The molecule has 1 aromatic carbocycles. The number of benzene rings is 1. The van der Waals surface area contributed by atoms with Crippen molar-refractivity contribution in [2.75, 3.05) is 26.2 Å². The first-order valence-electron chi connectivity index (χ1n) is 7.17. The Kier molecular flexibility index (Phi) is 4.10. The van der Waals surface area contributed by atoms with E-state index < -0.39 is 0 Å². The van der Waals surface area contributed by atoms with Crippen LogP contribution in [0.1, 0.15) is 24.8 Å². The number of piperidine rings is 1. The lowest BCUT2D eigenvalue weighted by molar-refractivity contribution is 0.0453. The fourth-order valence-electron chi connectivity index (χ4n) is 3.29. The number of hydrogen-bond acceptors (Lipinski definition) is 3. The van der Waals surface area contributed by atoms with Crippen LogP contribution >= 0.6 is 15.9 Å². The van der Waals surface area contributed by atoms with Gasteiger partial charge in [-0.15, -0.1) is 0 Å². The van der Waals surface area contributed by atoms with E-state index in [1.165, 1.54) is 32.4 Å². The minimum absolute atomic E-state index is 0.397. The molecule has 3 nitrogen and oxygen atoms in total. The fourth-order valence-corrected chi connectivity index (χ4v) is 3.70. The number of nitrogens with zero attached hydrogens (tertiary/aromatic N) is 2. The summed E-state index contributed by atoms with van der Waals surface area (Å²) < 4.78 is 0.793. The number of piperazine rings is 1. The van der Waals surface area contributed by atoms with Gasteiger partial charge in [-0.2, -0.15) is 0 Å². The number of phenols is 1. The smallest absolute Gasteiger partial charge is 0.134 e. The highest BCUT2D eigenvalue weighted by molar-refractivity contribution is 9.10. The van der Waals surface area contributed by atoms with E-state index in [0.29, 0.717) is 5.75 Å². The van der Waals surface area contributed by atoms with Crippen LogP contribution in [0.2, 0.25) is 0 Å². The zero-order valence-electron chi connectivity index (χ0n) is 11.2. The van der Waals surface area contributed by atoms with Gasteiger partial charge in [0.1, 0.15) is 5.75 Å². The topological polar surface area (TPSA) is 26.7 Å². The first kappa shape index (κ1) is 13.4. The Hall–Kier alpha value is -0.580. The molecule has 19 heavy (non-hydrogen) atoms. The third kappa shape index (κ3) is 2.96. The maximum Gasteiger partial charge on any atom is 0.134 e. The molecule has 1 aromatic rings. The Morgan fingerprint density at radius 1 is 1.21 bits per heavy atom. The lowest BCUT2D eigenvalue weighted by atomic mass is 9.99. The molecule has 3 rings (SSSR count). The van der Waals surface area contributed by atoms with Crippen molar-refractivity contribution in [3.8, 4) is 5.75 Å². The van der Waals surface area contributed by atoms with Gasteiger partial charge >= 0.3 is 0 Å². The summed E-state index contributed by atoms with van der Waals surface area (Å²) in [6.45, 7) is 5.57. The van der Waals surface area contributed by atoms with E-state index in [0.717, 1.165) is 35.7 Å². The van der Waals surface area contributed by atoms with E-state index >= 15 is 0 Å². The van der Waals surface area contributed by atoms with Crippen LogP contribution < -0.4 is 0 Å². The monoisotopic (exact) mass is 324 g/mol. The van der Waals surface area contributed by atoms with Gasteiger partial charge in [-0.05, 0) is 41.4 Å². The number of halogens is 1. The van der Waals surface area contributed by atoms with Gasteiger partial charge in [0.15, 0.2) is 0 Å². The molecule has 1 atom stereocenters. The molecule has 1 N–H and O–H groups in total. The number of fused-ring (bicyclic) bond motifs is 1. The minimum Gasteiger partial charge on any atom is -0.506 e. The minimum atomic E-state index is 0.397. The van der Waals surface area contributed by atoms with Crippen molar-refractivity contribution in [2.45, 2.75) is 31.8 Å². The number of hydrogen-bond donors (Lipinski definition) is 1. The number of aromatic hydroxyl groups is 1. The van der Waals surface area contributed by atoms with Gasteiger partial charge in [0.25, 0.3) is 0 Å². The molecule has 0 radical (unpaired) electrons. The highest BCUT2D eigenvalue weighted by Gasteiger charge is 2.28. The van der Waals surface area contributed by atoms with E-state index in [1.54, 1.807) is 0 Å². The zero-order chi connectivity index (χ0) is 13.2. The van der Waals surface area contributed by atoms with Gasteiger partial charge in [-0.25, -0.2) is 0 Å². The summed E-state index contributed by atoms with van der Waals surface area (Å²) in [6.07, 6.45) is 4.07. The van der Waals surface area contributed by atoms with Crippen LogP contribution in [0, 0.1) is 0 Å². The largest absolute Gasteiger partial charge is 0.506 e. The Morgan fingerprint density at radius 3 is 3.00 bits per heavy atom. The molecule has 0 aromatic heterocycles. The zero-order valence-corrected chi connectivity index (χ0v) is 12.8. The molecule has 2 aliphatic rings. The molecule has 0 saturated carbocycles. The lowest BCUT2D eigenvalue weighted by Gasteiger charge is -2.44. The summed E-state index contributed by atoms with van der Waals surface area (Å²) in [7, 11) is 0. The predicted molar refractivity (Wildman–Crippen MR) is 80.3 cm³/mol. The van der Waals surface area contributed by atoms with Crippen LogP contribution in [0.25, 0.3) is 0 Å². The molecule has 1 unspecified atom stereocenters. The second kappa shape index (κ2) is 5.81. The second-order valence-corrected chi connectivity index (χ2v) is 6.52. The van der Waals surface area contributed by atoms with Crippen LogP contribution in [-0.2, 0) is 6.54 Å². The average molecular weight is 325 g/mol. The van der Waals surface area contributed by atoms with Crippen LogP contribution in [0.4, 0.5) is 0 Å². The summed E-state index contributed by atoms with van der Waals surface area (Å²) in [5, 5.41) is 10.1. The molecule has 0 spiro atoms. The summed E-state index contributed by atoms with van der Waals surface area (Å²) in [5.74, 6) is 0.397. The third-order valence-electron chi connectivity index (χ3n) is 4.39. The van der Waals surface area contributed by atoms with E-state index in [1.807, 2.05) is 18.2 Å². The van der Waals surface area contributed by atoms with Crippen molar-refractivity contribution in [1.82, 2.24) is 9.80 Å². The van der Waals surface area contributed by atoms with E-state index in [9.17, 15) is 5.11 Å². The normalized spacial score (nSPS) is 25.2. The van der Waals surface area contributed by atoms with Gasteiger partial charge in [0.05, 0.1) is 4.47 Å². The van der Waals surface area contributed by atoms with Crippen LogP contribution in [0.5, 0.6) is 5.75 Å². The SMILES string of the molecule is Oc1c(Br)cccc1CN1CCN2CCCCC2C1. The summed E-state index contributed by atoms with van der Waals surface area (Å²) >= 11 is 3.39. The fraction of sp³-hybridized carbons (Fsp3) is 0.600.